The van der Waals surface area contributed by atoms with E-state index in [0.29, 0.717) is 5.82 Å². The van der Waals surface area contributed by atoms with Gasteiger partial charge in [-0.25, -0.2) is 9.97 Å². The number of hydrogen-bond acceptors (Lipinski definition) is 3. The molecule has 0 N–H and O–H groups in total. The first-order valence-corrected chi connectivity index (χ1v) is 4.74. The zero-order valence-corrected chi connectivity index (χ0v) is 8.77. The molecule has 15 heavy (non-hydrogen) atoms. The highest BCUT2D eigenvalue weighted by atomic mass is 16.5. The lowest BCUT2D eigenvalue weighted by atomic mass is 10.1. The summed E-state index contributed by atoms with van der Waals surface area (Å²) in [5.41, 5.74) is 2.07. The third-order valence-corrected chi connectivity index (χ3v) is 2.24. The minimum Gasteiger partial charge on any atom is -0.496 e. The molecule has 0 bridgehead atoms. The van der Waals surface area contributed by atoms with Gasteiger partial charge < -0.3 is 4.74 Å². The SMILES string of the molecule is COc1cccc(C)c1-c1ncccn1. The number of methoxy groups -OCH3 is 1. The van der Waals surface area contributed by atoms with Crippen LogP contribution in [0.4, 0.5) is 0 Å². The molecular weight excluding hydrogens is 188 g/mol. The Balaban J connectivity index is 2.61. The molecule has 0 saturated heterocycles. The second-order valence-electron chi connectivity index (χ2n) is 3.22. The molecule has 0 radical (unpaired) electrons. The minimum atomic E-state index is 0.701. The first kappa shape index (κ1) is 9.65. The van der Waals surface area contributed by atoms with Crippen molar-refractivity contribution in [2.24, 2.45) is 0 Å². The van der Waals surface area contributed by atoms with Gasteiger partial charge in [0, 0.05) is 12.4 Å². The van der Waals surface area contributed by atoms with Crippen molar-refractivity contribution < 1.29 is 4.74 Å². The van der Waals surface area contributed by atoms with Crippen molar-refractivity contribution in [1.29, 1.82) is 0 Å². The Morgan fingerprint density at radius 3 is 2.47 bits per heavy atom. The largest absolute Gasteiger partial charge is 0.496 e. The van der Waals surface area contributed by atoms with E-state index in [4.69, 9.17) is 4.74 Å². The van der Waals surface area contributed by atoms with Crippen molar-refractivity contribution in [1.82, 2.24) is 9.97 Å². The zero-order chi connectivity index (χ0) is 10.7. The summed E-state index contributed by atoms with van der Waals surface area (Å²) in [4.78, 5) is 8.45. The van der Waals surface area contributed by atoms with Gasteiger partial charge in [0.05, 0.1) is 12.7 Å². The fraction of sp³-hybridized carbons (Fsp3) is 0.167. The monoisotopic (exact) mass is 200 g/mol. The van der Waals surface area contributed by atoms with E-state index in [1.54, 1.807) is 25.6 Å². The number of benzene rings is 1. The third kappa shape index (κ3) is 1.81. The van der Waals surface area contributed by atoms with Gasteiger partial charge in [-0.1, -0.05) is 12.1 Å². The van der Waals surface area contributed by atoms with Gasteiger partial charge in [0.25, 0.3) is 0 Å². The van der Waals surface area contributed by atoms with Crippen LogP contribution in [0.2, 0.25) is 0 Å². The lowest BCUT2D eigenvalue weighted by Crippen LogP contribution is -1.94. The summed E-state index contributed by atoms with van der Waals surface area (Å²) < 4.78 is 5.30. The Bertz CT molecular complexity index is 454. The summed E-state index contributed by atoms with van der Waals surface area (Å²) in [5, 5.41) is 0. The molecule has 1 heterocycles. The van der Waals surface area contributed by atoms with Gasteiger partial charge in [-0.05, 0) is 24.6 Å². The van der Waals surface area contributed by atoms with Crippen LogP contribution in [0.25, 0.3) is 11.4 Å². The summed E-state index contributed by atoms with van der Waals surface area (Å²) >= 11 is 0. The van der Waals surface area contributed by atoms with E-state index in [-0.39, 0.29) is 0 Å². The maximum absolute atomic E-state index is 5.30. The Labute approximate surface area is 88.8 Å². The molecule has 0 saturated carbocycles. The summed E-state index contributed by atoms with van der Waals surface area (Å²) in [5.74, 6) is 1.51. The van der Waals surface area contributed by atoms with E-state index in [1.165, 1.54) is 0 Å². The standard InChI is InChI=1S/C12H12N2O/c1-9-5-3-6-10(15-2)11(9)12-13-7-4-8-14-12/h3-8H,1-2H3. The molecule has 0 spiro atoms. The van der Waals surface area contributed by atoms with Crippen molar-refractivity contribution in [2.75, 3.05) is 7.11 Å². The highest BCUT2D eigenvalue weighted by molar-refractivity contribution is 5.67. The first-order valence-electron chi connectivity index (χ1n) is 4.74. The Morgan fingerprint density at radius 2 is 1.80 bits per heavy atom. The number of rotatable bonds is 2. The second kappa shape index (κ2) is 4.09. The summed E-state index contributed by atoms with van der Waals surface area (Å²) in [7, 11) is 1.65. The van der Waals surface area contributed by atoms with Crippen LogP contribution in [-0.4, -0.2) is 17.1 Å². The van der Waals surface area contributed by atoms with Gasteiger partial charge in [0.15, 0.2) is 5.82 Å². The number of hydrogen-bond donors (Lipinski definition) is 0. The lowest BCUT2D eigenvalue weighted by molar-refractivity contribution is 0.416. The topological polar surface area (TPSA) is 35.0 Å². The molecule has 0 atom stereocenters. The third-order valence-electron chi connectivity index (χ3n) is 2.24. The van der Waals surface area contributed by atoms with Crippen LogP contribution in [0.15, 0.2) is 36.7 Å². The molecule has 3 nitrogen and oxygen atoms in total. The van der Waals surface area contributed by atoms with Crippen molar-refractivity contribution in [3.05, 3.63) is 42.2 Å². The van der Waals surface area contributed by atoms with Crippen molar-refractivity contribution in [3.8, 4) is 17.1 Å². The fourth-order valence-electron chi connectivity index (χ4n) is 1.53. The number of ether oxygens (including phenoxy) is 1. The predicted molar refractivity (Wildman–Crippen MR) is 58.8 cm³/mol. The van der Waals surface area contributed by atoms with Gasteiger partial charge >= 0.3 is 0 Å². The van der Waals surface area contributed by atoms with Crippen LogP contribution in [-0.2, 0) is 0 Å². The average Bonchev–Trinajstić information content (AvgIpc) is 2.29. The van der Waals surface area contributed by atoms with E-state index in [9.17, 15) is 0 Å². The zero-order valence-electron chi connectivity index (χ0n) is 8.77. The van der Waals surface area contributed by atoms with E-state index < -0.39 is 0 Å². The predicted octanol–water partition coefficient (Wildman–Crippen LogP) is 2.46. The van der Waals surface area contributed by atoms with Crippen molar-refractivity contribution in [2.45, 2.75) is 6.92 Å². The van der Waals surface area contributed by atoms with E-state index in [1.807, 2.05) is 25.1 Å². The Kier molecular flexibility index (Phi) is 2.63. The van der Waals surface area contributed by atoms with E-state index in [2.05, 4.69) is 9.97 Å². The van der Waals surface area contributed by atoms with Crippen LogP contribution >= 0.6 is 0 Å². The maximum atomic E-state index is 5.30. The van der Waals surface area contributed by atoms with Gasteiger partial charge in [-0.15, -0.1) is 0 Å². The molecule has 76 valence electrons. The maximum Gasteiger partial charge on any atom is 0.163 e. The lowest BCUT2D eigenvalue weighted by Gasteiger charge is -2.09. The van der Waals surface area contributed by atoms with Crippen molar-refractivity contribution >= 4 is 0 Å². The van der Waals surface area contributed by atoms with Crippen LogP contribution in [0.3, 0.4) is 0 Å². The minimum absolute atomic E-state index is 0.701. The number of aryl methyl sites for hydroxylation is 1. The number of nitrogens with zero attached hydrogens (tertiary/aromatic N) is 2. The summed E-state index contributed by atoms with van der Waals surface area (Å²) in [6.45, 7) is 2.02. The molecule has 2 aromatic rings. The normalized spacial score (nSPS) is 10.0. The second-order valence-corrected chi connectivity index (χ2v) is 3.22. The highest BCUT2D eigenvalue weighted by Gasteiger charge is 2.10. The van der Waals surface area contributed by atoms with Crippen LogP contribution in [0.5, 0.6) is 5.75 Å². The molecule has 0 aliphatic heterocycles. The molecule has 0 fully saturated rings. The molecule has 1 aromatic carbocycles. The number of aromatic nitrogens is 2. The molecule has 1 aromatic heterocycles. The summed E-state index contributed by atoms with van der Waals surface area (Å²) in [6, 6.07) is 7.70. The van der Waals surface area contributed by atoms with Gasteiger partial charge in [0.2, 0.25) is 0 Å². The Hall–Kier alpha value is -1.90. The van der Waals surface area contributed by atoms with Gasteiger partial charge in [-0.2, -0.15) is 0 Å². The molecule has 0 unspecified atom stereocenters. The van der Waals surface area contributed by atoms with E-state index >= 15 is 0 Å². The molecular formula is C12H12N2O. The molecule has 0 amide bonds. The van der Waals surface area contributed by atoms with Gasteiger partial charge in [-0.3, -0.25) is 0 Å². The first-order chi connectivity index (χ1) is 7.33. The average molecular weight is 200 g/mol. The molecule has 3 heteroatoms. The quantitative estimate of drug-likeness (QED) is 0.747. The molecule has 2 rings (SSSR count). The van der Waals surface area contributed by atoms with Gasteiger partial charge in [0.1, 0.15) is 5.75 Å². The molecule has 0 aliphatic carbocycles. The molecule has 0 aliphatic rings. The van der Waals surface area contributed by atoms with Crippen LogP contribution < -0.4 is 4.74 Å². The van der Waals surface area contributed by atoms with Crippen LogP contribution in [0, 0.1) is 6.92 Å². The fourth-order valence-corrected chi connectivity index (χ4v) is 1.53. The smallest absolute Gasteiger partial charge is 0.163 e. The van der Waals surface area contributed by atoms with E-state index in [0.717, 1.165) is 16.9 Å². The van der Waals surface area contributed by atoms with Crippen LogP contribution in [0.1, 0.15) is 5.56 Å². The highest BCUT2D eigenvalue weighted by Crippen LogP contribution is 2.29. The summed E-state index contributed by atoms with van der Waals surface area (Å²) in [6.07, 6.45) is 3.46. The Morgan fingerprint density at radius 1 is 1.07 bits per heavy atom. The van der Waals surface area contributed by atoms with Crippen molar-refractivity contribution in [3.63, 3.8) is 0 Å².